The van der Waals surface area contributed by atoms with Crippen molar-refractivity contribution in [3.63, 3.8) is 0 Å². The highest BCUT2D eigenvalue weighted by atomic mass is 79.9. The molecule has 0 spiro atoms. The van der Waals surface area contributed by atoms with Gasteiger partial charge in [-0.1, -0.05) is 76.6 Å². The van der Waals surface area contributed by atoms with Gasteiger partial charge in [0.25, 0.3) is 0 Å². The lowest BCUT2D eigenvalue weighted by atomic mass is 9.98. The van der Waals surface area contributed by atoms with Crippen LogP contribution in [0.15, 0.2) is 83.3 Å². The van der Waals surface area contributed by atoms with Gasteiger partial charge in [0.15, 0.2) is 0 Å². The Bertz CT molecular complexity index is 795. The first-order valence-electron chi connectivity index (χ1n) is 7.54. The number of anilines is 1. The number of aromatic carboxylic acids is 1. The summed E-state index contributed by atoms with van der Waals surface area (Å²) in [6, 6.07) is 25.1. The fourth-order valence-electron chi connectivity index (χ4n) is 2.62. The molecule has 0 saturated heterocycles. The quantitative estimate of drug-likeness (QED) is 0.626. The molecule has 0 aliphatic carbocycles. The van der Waals surface area contributed by atoms with E-state index in [0.717, 1.165) is 15.6 Å². The smallest absolute Gasteiger partial charge is 0.337 e. The lowest BCUT2D eigenvalue weighted by molar-refractivity contribution is 0.0698. The Balaban J connectivity index is 2.04. The molecule has 0 aliphatic rings. The molecule has 120 valence electrons. The molecule has 0 unspecified atom stereocenters. The molecule has 0 fully saturated rings. The topological polar surface area (TPSA) is 49.3 Å². The minimum Gasteiger partial charge on any atom is -0.478 e. The van der Waals surface area contributed by atoms with Gasteiger partial charge < -0.3 is 10.4 Å². The summed E-state index contributed by atoms with van der Waals surface area (Å²) in [5, 5.41) is 12.9. The van der Waals surface area contributed by atoms with Crippen molar-refractivity contribution in [1.82, 2.24) is 0 Å². The molecule has 3 rings (SSSR count). The minimum absolute atomic E-state index is 0.133. The van der Waals surface area contributed by atoms with Gasteiger partial charge >= 0.3 is 5.97 Å². The molecule has 24 heavy (non-hydrogen) atoms. The van der Waals surface area contributed by atoms with E-state index < -0.39 is 5.97 Å². The fraction of sp³-hybridized carbons (Fsp3) is 0.0500. The summed E-state index contributed by atoms with van der Waals surface area (Å²) in [6.07, 6.45) is 0. The third-order valence-electron chi connectivity index (χ3n) is 3.78. The molecule has 0 radical (unpaired) electrons. The van der Waals surface area contributed by atoms with Gasteiger partial charge in [-0.15, -0.1) is 0 Å². The molecule has 3 aromatic carbocycles. The second-order valence-corrected chi connectivity index (χ2v) is 6.31. The van der Waals surface area contributed by atoms with E-state index in [-0.39, 0.29) is 11.6 Å². The van der Waals surface area contributed by atoms with Gasteiger partial charge in [-0.3, -0.25) is 0 Å². The third kappa shape index (κ3) is 3.66. The van der Waals surface area contributed by atoms with Crippen LogP contribution < -0.4 is 5.32 Å². The average Bonchev–Trinajstić information content (AvgIpc) is 2.62. The minimum atomic E-state index is -0.960. The van der Waals surface area contributed by atoms with Gasteiger partial charge in [0.05, 0.1) is 11.6 Å². The maximum atomic E-state index is 11.6. The Morgan fingerprint density at radius 2 is 1.42 bits per heavy atom. The summed E-state index contributed by atoms with van der Waals surface area (Å²) < 4.78 is 0.737. The zero-order valence-electron chi connectivity index (χ0n) is 12.8. The van der Waals surface area contributed by atoms with Crippen LogP contribution in [-0.4, -0.2) is 11.1 Å². The lowest BCUT2D eigenvalue weighted by Crippen LogP contribution is -2.14. The monoisotopic (exact) mass is 381 g/mol. The molecule has 0 atom stereocenters. The molecule has 0 saturated carbocycles. The number of nitrogens with one attached hydrogen (secondary N) is 1. The van der Waals surface area contributed by atoms with E-state index >= 15 is 0 Å². The predicted octanol–water partition coefficient (Wildman–Crippen LogP) is 5.35. The summed E-state index contributed by atoms with van der Waals surface area (Å²) >= 11 is 3.33. The molecule has 0 heterocycles. The molecule has 0 aliphatic heterocycles. The van der Waals surface area contributed by atoms with E-state index in [9.17, 15) is 9.90 Å². The number of benzene rings is 3. The van der Waals surface area contributed by atoms with Crippen molar-refractivity contribution in [2.24, 2.45) is 0 Å². The SMILES string of the molecule is O=C(O)c1cc(Br)ccc1NC(c1ccccc1)c1ccccc1. The van der Waals surface area contributed by atoms with Gasteiger partial charge in [-0.2, -0.15) is 0 Å². The van der Waals surface area contributed by atoms with Crippen molar-refractivity contribution in [2.45, 2.75) is 6.04 Å². The molecule has 0 amide bonds. The van der Waals surface area contributed by atoms with E-state index in [0.29, 0.717) is 5.69 Å². The average molecular weight is 382 g/mol. The predicted molar refractivity (Wildman–Crippen MR) is 99.5 cm³/mol. The van der Waals surface area contributed by atoms with Crippen LogP contribution in [0.1, 0.15) is 27.5 Å². The van der Waals surface area contributed by atoms with Gasteiger partial charge in [-0.25, -0.2) is 4.79 Å². The zero-order valence-corrected chi connectivity index (χ0v) is 14.4. The van der Waals surface area contributed by atoms with E-state index in [4.69, 9.17) is 0 Å². The first kappa shape index (κ1) is 16.3. The summed E-state index contributed by atoms with van der Waals surface area (Å²) in [4.78, 5) is 11.6. The second kappa shape index (κ2) is 7.32. The summed E-state index contributed by atoms with van der Waals surface area (Å²) in [5.41, 5.74) is 2.97. The molecular formula is C20H16BrNO2. The molecule has 0 aromatic heterocycles. The first-order valence-corrected chi connectivity index (χ1v) is 8.34. The number of halogens is 1. The lowest BCUT2D eigenvalue weighted by Gasteiger charge is -2.22. The Labute approximate surface area is 149 Å². The highest BCUT2D eigenvalue weighted by molar-refractivity contribution is 9.10. The van der Waals surface area contributed by atoms with Crippen LogP contribution >= 0.6 is 15.9 Å². The van der Waals surface area contributed by atoms with Gasteiger partial charge in [0, 0.05) is 10.2 Å². The maximum absolute atomic E-state index is 11.6. The third-order valence-corrected chi connectivity index (χ3v) is 4.27. The van der Waals surface area contributed by atoms with Crippen LogP contribution in [0, 0.1) is 0 Å². The highest BCUT2D eigenvalue weighted by Gasteiger charge is 2.17. The van der Waals surface area contributed by atoms with E-state index in [1.807, 2.05) is 66.7 Å². The largest absolute Gasteiger partial charge is 0.478 e. The Kier molecular flexibility index (Phi) is 4.96. The maximum Gasteiger partial charge on any atom is 0.337 e. The van der Waals surface area contributed by atoms with Crippen molar-refractivity contribution in [2.75, 3.05) is 5.32 Å². The normalized spacial score (nSPS) is 10.6. The van der Waals surface area contributed by atoms with E-state index in [1.165, 1.54) is 0 Å². The van der Waals surface area contributed by atoms with Crippen molar-refractivity contribution in [3.8, 4) is 0 Å². The Morgan fingerprint density at radius 3 is 1.92 bits per heavy atom. The number of carbonyl (C=O) groups is 1. The second-order valence-electron chi connectivity index (χ2n) is 5.39. The van der Waals surface area contributed by atoms with Crippen LogP contribution in [-0.2, 0) is 0 Å². The number of rotatable bonds is 5. The van der Waals surface area contributed by atoms with Gasteiger partial charge in [-0.05, 0) is 29.3 Å². The van der Waals surface area contributed by atoms with Crippen LogP contribution in [0.25, 0.3) is 0 Å². The van der Waals surface area contributed by atoms with E-state index in [1.54, 1.807) is 12.1 Å². The van der Waals surface area contributed by atoms with Crippen LogP contribution in [0.3, 0.4) is 0 Å². The van der Waals surface area contributed by atoms with Gasteiger partial charge in [0.1, 0.15) is 0 Å². The Hall–Kier alpha value is -2.59. The van der Waals surface area contributed by atoms with Crippen molar-refractivity contribution < 1.29 is 9.90 Å². The highest BCUT2D eigenvalue weighted by Crippen LogP contribution is 2.29. The summed E-state index contributed by atoms with van der Waals surface area (Å²) in [6.45, 7) is 0. The first-order chi connectivity index (χ1) is 11.6. The van der Waals surface area contributed by atoms with Crippen molar-refractivity contribution in [1.29, 1.82) is 0 Å². The Morgan fingerprint density at radius 1 is 0.875 bits per heavy atom. The van der Waals surface area contributed by atoms with Crippen molar-refractivity contribution in [3.05, 3.63) is 100 Å². The molecule has 0 bridgehead atoms. The zero-order chi connectivity index (χ0) is 16.9. The van der Waals surface area contributed by atoms with Gasteiger partial charge in [0.2, 0.25) is 0 Å². The molecule has 3 nitrogen and oxygen atoms in total. The fourth-order valence-corrected chi connectivity index (χ4v) is 2.99. The standard InChI is InChI=1S/C20H16BrNO2/c21-16-11-12-18(17(13-16)20(23)24)22-19(14-7-3-1-4-8-14)15-9-5-2-6-10-15/h1-13,19,22H,(H,23,24). The molecule has 4 heteroatoms. The van der Waals surface area contributed by atoms with Crippen LogP contribution in [0.2, 0.25) is 0 Å². The molecular weight excluding hydrogens is 366 g/mol. The van der Waals surface area contributed by atoms with Crippen molar-refractivity contribution >= 4 is 27.6 Å². The molecule has 3 aromatic rings. The summed E-state index contributed by atoms with van der Waals surface area (Å²) in [5.74, 6) is -0.960. The van der Waals surface area contributed by atoms with Crippen LogP contribution in [0.5, 0.6) is 0 Å². The molecule has 2 N–H and O–H groups in total. The number of hydrogen-bond acceptors (Lipinski definition) is 2. The van der Waals surface area contributed by atoms with E-state index in [2.05, 4.69) is 21.2 Å². The number of carboxylic acids is 1. The number of hydrogen-bond donors (Lipinski definition) is 2. The number of carboxylic acid groups (broad SMARTS) is 1. The summed E-state index contributed by atoms with van der Waals surface area (Å²) in [7, 11) is 0. The van der Waals surface area contributed by atoms with Crippen LogP contribution in [0.4, 0.5) is 5.69 Å².